The molecule has 0 saturated heterocycles. The van der Waals surface area contributed by atoms with Gasteiger partial charge in [0.05, 0.1) is 5.69 Å². The van der Waals surface area contributed by atoms with E-state index in [1.807, 2.05) is 0 Å². The largest absolute Gasteiger partial charge is 0.327 e. The van der Waals surface area contributed by atoms with Crippen molar-refractivity contribution in [1.82, 2.24) is 9.38 Å². The molecule has 5 heteroatoms. The van der Waals surface area contributed by atoms with Crippen molar-refractivity contribution in [3.63, 3.8) is 0 Å². The van der Waals surface area contributed by atoms with Gasteiger partial charge in [-0.15, -0.1) is 11.3 Å². The number of thiazole rings is 1. The van der Waals surface area contributed by atoms with Crippen molar-refractivity contribution in [2.24, 2.45) is 5.73 Å². The van der Waals surface area contributed by atoms with E-state index in [-0.39, 0.29) is 6.04 Å². The average Bonchev–Trinajstić information content (AvgIpc) is 2.98. The van der Waals surface area contributed by atoms with Crippen LogP contribution in [0.4, 0.5) is 0 Å². The van der Waals surface area contributed by atoms with Crippen molar-refractivity contribution in [3.8, 4) is 0 Å². The van der Waals surface area contributed by atoms with Gasteiger partial charge in [0, 0.05) is 41.2 Å². The zero-order chi connectivity index (χ0) is 13.1. The van der Waals surface area contributed by atoms with Crippen LogP contribution in [0.2, 0.25) is 0 Å². The van der Waals surface area contributed by atoms with Crippen molar-refractivity contribution in [2.75, 3.05) is 5.75 Å². The van der Waals surface area contributed by atoms with Crippen LogP contribution < -0.4 is 5.73 Å². The molecule has 2 heterocycles. The number of rotatable bonds is 5. The second-order valence-electron chi connectivity index (χ2n) is 5.38. The van der Waals surface area contributed by atoms with Gasteiger partial charge in [-0.25, -0.2) is 4.98 Å². The number of hydrogen-bond acceptors (Lipinski definition) is 4. The molecule has 0 aromatic carbocycles. The van der Waals surface area contributed by atoms with E-state index >= 15 is 0 Å². The van der Waals surface area contributed by atoms with Crippen molar-refractivity contribution < 1.29 is 0 Å². The number of nitrogens with zero attached hydrogens (tertiary/aromatic N) is 2. The highest BCUT2D eigenvalue weighted by molar-refractivity contribution is 7.99. The Hall–Kier alpha value is -0.520. The van der Waals surface area contributed by atoms with Crippen molar-refractivity contribution >= 4 is 28.1 Å². The predicted octanol–water partition coefficient (Wildman–Crippen LogP) is 3.33. The fourth-order valence-electron chi connectivity index (χ4n) is 2.69. The van der Waals surface area contributed by atoms with Gasteiger partial charge in [0.2, 0.25) is 0 Å². The Morgan fingerprint density at radius 3 is 3.05 bits per heavy atom. The number of aromatic nitrogens is 2. The van der Waals surface area contributed by atoms with Crippen LogP contribution in [0.15, 0.2) is 17.8 Å². The van der Waals surface area contributed by atoms with E-state index < -0.39 is 0 Å². The number of fused-ring (bicyclic) bond motifs is 1. The summed E-state index contributed by atoms with van der Waals surface area (Å²) in [7, 11) is 0. The molecule has 1 atom stereocenters. The van der Waals surface area contributed by atoms with E-state index in [1.54, 1.807) is 11.3 Å². The number of thioether (sulfide) groups is 1. The molecule has 1 aliphatic carbocycles. The molecular weight excluding hydrogens is 274 g/mol. The number of hydrogen-bond donors (Lipinski definition) is 1. The highest BCUT2D eigenvalue weighted by atomic mass is 32.2. The molecule has 0 aliphatic heterocycles. The number of nitrogens with two attached hydrogens (primary N) is 1. The molecule has 0 amide bonds. The Balaban J connectivity index is 1.47. The molecule has 1 saturated carbocycles. The Kier molecular flexibility index (Phi) is 4.45. The lowest BCUT2D eigenvalue weighted by Crippen LogP contribution is -2.27. The van der Waals surface area contributed by atoms with Crippen LogP contribution in [-0.4, -0.2) is 26.4 Å². The molecule has 2 aromatic heterocycles. The molecule has 0 radical (unpaired) electrons. The third-order valence-corrected chi connectivity index (χ3v) is 6.05. The molecule has 2 aromatic rings. The van der Waals surface area contributed by atoms with E-state index in [2.05, 4.69) is 38.9 Å². The summed E-state index contributed by atoms with van der Waals surface area (Å²) in [5.74, 6) is 1.07. The minimum atomic E-state index is 0.233. The molecule has 0 spiro atoms. The molecule has 104 valence electrons. The van der Waals surface area contributed by atoms with Gasteiger partial charge in [0.15, 0.2) is 4.96 Å². The quantitative estimate of drug-likeness (QED) is 0.920. The van der Waals surface area contributed by atoms with Gasteiger partial charge in [-0.3, -0.25) is 4.40 Å². The lowest BCUT2D eigenvalue weighted by molar-refractivity contribution is 0.515. The van der Waals surface area contributed by atoms with Crippen LogP contribution in [-0.2, 0) is 6.42 Å². The monoisotopic (exact) mass is 295 g/mol. The summed E-state index contributed by atoms with van der Waals surface area (Å²) in [6.45, 7) is 0. The summed E-state index contributed by atoms with van der Waals surface area (Å²) in [6, 6.07) is 0.233. The third kappa shape index (κ3) is 3.52. The average molecular weight is 295 g/mol. The van der Waals surface area contributed by atoms with Gasteiger partial charge in [0.25, 0.3) is 0 Å². The third-order valence-electron chi connectivity index (χ3n) is 3.71. The van der Waals surface area contributed by atoms with Crippen LogP contribution in [0.3, 0.4) is 0 Å². The first-order valence-electron chi connectivity index (χ1n) is 7.09. The standard InChI is InChI=1S/C14H21N3S2/c15-11(10-19-13-4-2-1-3-5-13)8-12-9-17-6-7-18-14(17)16-12/h6-7,9,11,13H,1-5,8,10,15H2. The molecule has 0 bridgehead atoms. The summed E-state index contributed by atoms with van der Waals surface area (Å²) in [6.07, 6.45) is 12.1. The highest BCUT2D eigenvalue weighted by Crippen LogP contribution is 2.28. The lowest BCUT2D eigenvalue weighted by Gasteiger charge is -2.22. The minimum Gasteiger partial charge on any atom is -0.327 e. The Morgan fingerprint density at radius 2 is 2.26 bits per heavy atom. The number of imidazole rings is 1. The lowest BCUT2D eigenvalue weighted by atomic mass is 10.0. The topological polar surface area (TPSA) is 43.3 Å². The van der Waals surface area contributed by atoms with Crippen LogP contribution in [0.1, 0.15) is 37.8 Å². The van der Waals surface area contributed by atoms with Crippen LogP contribution in [0.25, 0.3) is 4.96 Å². The van der Waals surface area contributed by atoms with Crippen molar-refractivity contribution in [2.45, 2.75) is 49.8 Å². The SMILES string of the molecule is NC(CSC1CCCCC1)Cc1cn2ccsc2n1. The zero-order valence-electron chi connectivity index (χ0n) is 11.1. The van der Waals surface area contributed by atoms with E-state index in [9.17, 15) is 0 Å². The normalized spacial score (nSPS) is 19.0. The molecule has 3 rings (SSSR count). The Bertz CT molecular complexity index is 485. The molecule has 2 N–H and O–H groups in total. The maximum atomic E-state index is 6.25. The van der Waals surface area contributed by atoms with Crippen LogP contribution in [0.5, 0.6) is 0 Å². The van der Waals surface area contributed by atoms with Gasteiger partial charge in [-0.1, -0.05) is 19.3 Å². The van der Waals surface area contributed by atoms with Gasteiger partial charge < -0.3 is 5.73 Å². The van der Waals surface area contributed by atoms with Crippen molar-refractivity contribution in [1.29, 1.82) is 0 Å². The fourth-order valence-corrected chi connectivity index (χ4v) is 4.72. The summed E-state index contributed by atoms with van der Waals surface area (Å²) in [5, 5.41) is 2.91. The first-order chi connectivity index (χ1) is 9.31. The maximum absolute atomic E-state index is 6.25. The zero-order valence-corrected chi connectivity index (χ0v) is 12.8. The summed E-state index contributed by atoms with van der Waals surface area (Å²) in [5.41, 5.74) is 7.38. The molecular formula is C14H21N3S2. The minimum absolute atomic E-state index is 0.233. The summed E-state index contributed by atoms with van der Waals surface area (Å²) < 4.78 is 2.08. The molecule has 19 heavy (non-hydrogen) atoms. The maximum Gasteiger partial charge on any atom is 0.193 e. The van der Waals surface area contributed by atoms with E-state index in [4.69, 9.17) is 5.73 Å². The smallest absolute Gasteiger partial charge is 0.193 e. The molecule has 3 nitrogen and oxygen atoms in total. The Labute approximate surface area is 122 Å². The fraction of sp³-hybridized carbons (Fsp3) is 0.643. The summed E-state index contributed by atoms with van der Waals surface area (Å²) >= 11 is 3.75. The molecule has 1 fully saturated rings. The van der Waals surface area contributed by atoms with Gasteiger partial charge in [0.1, 0.15) is 0 Å². The van der Waals surface area contributed by atoms with Gasteiger partial charge >= 0.3 is 0 Å². The van der Waals surface area contributed by atoms with E-state index in [0.29, 0.717) is 0 Å². The molecule has 1 unspecified atom stereocenters. The van der Waals surface area contributed by atoms with Crippen LogP contribution in [0, 0.1) is 0 Å². The Morgan fingerprint density at radius 1 is 1.42 bits per heavy atom. The molecule has 1 aliphatic rings. The first-order valence-corrected chi connectivity index (χ1v) is 9.02. The van der Waals surface area contributed by atoms with Gasteiger partial charge in [-0.2, -0.15) is 11.8 Å². The second kappa shape index (κ2) is 6.29. The predicted molar refractivity (Wildman–Crippen MR) is 84.1 cm³/mol. The van der Waals surface area contributed by atoms with Crippen LogP contribution >= 0.6 is 23.1 Å². The van der Waals surface area contributed by atoms with E-state index in [0.717, 1.165) is 28.1 Å². The second-order valence-corrected chi connectivity index (χ2v) is 7.59. The van der Waals surface area contributed by atoms with Crippen molar-refractivity contribution in [3.05, 3.63) is 23.5 Å². The first kappa shape index (κ1) is 13.5. The highest BCUT2D eigenvalue weighted by Gasteiger charge is 2.16. The van der Waals surface area contributed by atoms with Gasteiger partial charge in [-0.05, 0) is 12.8 Å². The summed E-state index contributed by atoms with van der Waals surface area (Å²) in [4.78, 5) is 5.67. The van der Waals surface area contributed by atoms with E-state index in [1.165, 1.54) is 32.1 Å².